The van der Waals surface area contributed by atoms with E-state index in [-0.39, 0.29) is 31.9 Å². The molecule has 178 valence electrons. The molecule has 1 amide bonds. The number of alkyl halides is 3. The summed E-state index contributed by atoms with van der Waals surface area (Å²) in [4.78, 5) is 23.5. The molecule has 3 rings (SSSR count). The number of anilines is 1. The van der Waals surface area contributed by atoms with Gasteiger partial charge in [-0.1, -0.05) is 12.1 Å². The molecular weight excluding hydrogens is 472 g/mol. The van der Waals surface area contributed by atoms with Gasteiger partial charge in [-0.2, -0.15) is 17.5 Å². The van der Waals surface area contributed by atoms with Crippen molar-refractivity contribution in [3.63, 3.8) is 0 Å². The summed E-state index contributed by atoms with van der Waals surface area (Å²) in [6.07, 6.45) is -4.71. The summed E-state index contributed by atoms with van der Waals surface area (Å²) in [6.45, 7) is -0.662. The van der Waals surface area contributed by atoms with Gasteiger partial charge in [-0.15, -0.1) is 0 Å². The van der Waals surface area contributed by atoms with Gasteiger partial charge in [0.25, 0.3) is 5.91 Å². The second-order valence-electron chi connectivity index (χ2n) is 6.83. The van der Waals surface area contributed by atoms with Gasteiger partial charge in [-0.25, -0.2) is 17.6 Å². The van der Waals surface area contributed by atoms with Crippen molar-refractivity contribution in [1.82, 2.24) is 4.31 Å². The summed E-state index contributed by atoms with van der Waals surface area (Å²) in [5.74, 6) is -3.30. The molecule has 1 N–H and O–H groups in total. The van der Waals surface area contributed by atoms with Crippen molar-refractivity contribution in [1.29, 1.82) is 0 Å². The van der Waals surface area contributed by atoms with E-state index in [1.54, 1.807) is 0 Å². The average Bonchev–Trinajstić information content (AvgIpc) is 2.78. The highest BCUT2D eigenvalue weighted by molar-refractivity contribution is 7.89. The van der Waals surface area contributed by atoms with Gasteiger partial charge in [-0.3, -0.25) is 4.79 Å². The lowest BCUT2D eigenvalue weighted by Gasteiger charge is -2.26. The number of carbonyl (C=O) groups is 2. The van der Waals surface area contributed by atoms with Gasteiger partial charge in [0.2, 0.25) is 10.0 Å². The number of morpholine rings is 1. The molecule has 0 spiro atoms. The molecule has 8 nitrogen and oxygen atoms in total. The number of amides is 1. The monoisotopic (exact) mass is 490 g/mol. The Hall–Kier alpha value is -3.03. The summed E-state index contributed by atoms with van der Waals surface area (Å²) in [7, 11) is -4.25. The van der Waals surface area contributed by atoms with Gasteiger partial charge in [0.1, 0.15) is 10.7 Å². The zero-order valence-corrected chi connectivity index (χ0v) is 17.7. The van der Waals surface area contributed by atoms with Crippen molar-refractivity contribution in [3.05, 3.63) is 59.4 Å². The molecule has 0 atom stereocenters. The molecule has 0 unspecified atom stereocenters. The highest BCUT2D eigenvalue weighted by Crippen LogP contribution is 2.34. The molecule has 1 aliphatic rings. The number of benzene rings is 2. The second kappa shape index (κ2) is 9.85. The van der Waals surface area contributed by atoms with Crippen LogP contribution < -0.4 is 5.32 Å². The number of para-hydroxylation sites is 1. The molecule has 2 aromatic rings. The molecule has 1 fully saturated rings. The van der Waals surface area contributed by atoms with Crippen LogP contribution in [-0.4, -0.2) is 57.5 Å². The standard InChI is InChI=1S/C20H18F4N2O6S/c21-15-6-5-13(11-17(15)33(29,30)26-7-9-31-10-8-26)19(28)32-12-18(27)25-16-4-2-1-3-14(16)20(22,23)24/h1-6,11H,7-10,12H2,(H,25,27). The molecule has 2 aromatic carbocycles. The smallest absolute Gasteiger partial charge is 0.418 e. The van der Waals surface area contributed by atoms with E-state index < -0.39 is 56.6 Å². The number of hydrogen-bond donors (Lipinski definition) is 1. The first-order valence-electron chi connectivity index (χ1n) is 9.51. The lowest BCUT2D eigenvalue weighted by Crippen LogP contribution is -2.41. The summed E-state index contributed by atoms with van der Waals surface area (Å²) < 4.78 is 89.5. The first-order chi connectivity index (χ1) is 15.5. The Bertz CT molecular complexity index is 1150. The second-order valence-corrected chi connectivity index (χ2v) is 8.74. The minimum absolute atomic E-state index is 0.00994. The molecular formula is C20H18F4N2O6S. The third kappa shape index (κ3) is 5.86. The van der Waals surface area contributed by atoms with Crippen LogP contribution in [0.4, 0.5) is 23.2 Å². The summed E-state index contributed by atoms with van der Waals surface area (Å²) in [5.41, 5.74) is -1.96. The maximum Gasteiger partial charge on any atom is 0.418 e. The fraction of sp³-hybridized carbons (Fsp3) is 0.300. The number of hydrogen-bond acceptors (Lipinski definition) is 6. The van der Waals surface area contributed by atoms with E-state index >= 15 is 0 Å². The summed E-state index contributed by atoms with van der Waals surface area (Å²) >= 11 is 0. The molecule has 33 heavy (non-hydrogen) atoms. The number of rotatable bonds is 6. The maximum absolute atomic E-state index is 14.2. The van der Waals surface area contributed by atoms with Crippen molar-refractivity contribution in [2.24, 2.45) is 0 Å². The zero-order valence-electron chi connectivity index (χ0n) is 16.9. The van der Waals surface area contributed by atoms with E-state index in [1.165, 1.54) is 6.07 Å². The Morgan fingerprint density at radius 2 is 1.76 bits per heavy atom. The quantitative estimate of drug-likeness (QED) is 0.494. The van der Waals surface area contributed by atoms with E-state index in [4.69, 9.17) is 9.47 Å². The van der Waals surface area contributed by atoms with E-state index in [9.17, 15) is 35.6 Å². The Kier molecular flexibility index (Phi) is 7.34. The first-order valence-corrected chi connectivity index (χ1v) is 10.9. The minimum atomic E-state index is -4.71. The molecule has 0 saturated carbocycles. The van der Waals surface area contributed by atoms with Gasteiger partial charge in [0.15, 0.2) is 6.61 Å². The van der Waals surface area contributed by atoms with Gasteiger partial charge in [0.05, 0.1) is 30.0 Å². The number of carbonyl (C=O) groups excluding carboxylic acids is 2. The molecule has 0 aromatic heterocycles. The lowest BCUT2D eigenvalue weighted by atomic mass is 10.1. The maximum atomic E-state index is 14.2. The van der Waals surface area contributed by atoms with Crippen LogP contribution in [-0.2, 0) is 30.5 Å². The van der Waals surface area contributed by atoms with Crippen molar-refractivity contribution in [3.8, 4) is 0 Å². The fourth-order valence-corrected chi connectivity index (χ4v) is 4.49. The minimum Gasteiger partial charge on any atom is -0.452 e. The van der Waals surface area contributed by atoms with Crippen molar-refractivity contribution in [2.75, 3.05) is 38.2 Å². The van der Waals surface area contributed by atoms with Crippen molar-refractivity contribution in [2.45, 2.75) is 11.1 Å². The Labute approximate surface area is 186 Å². The van der Waals surface area contributed by atoms with Crippen LogP contribution in [0.25, 0.3) is 0 Å². The predicted molar refractivity (Wildman–Crippen MR) is 106 cm³/mol. The van der Waals surface area contributed by atoms with Crippen molar-refractivity contribution < 1.29 is 45.0 Å². The number of nitrogens with one attached hydrogen (secondary N) is 1. The van der Waals surface area contributed by atoms with E-state index in [1.807, 2.05) is 5.32 Å². The number of ether oxygens (including phenoxy) is 2. The van der Waals surface area contributed by atoms with Gasteiger partial charge in [0, 0.05) is 13.1 Å². The van der Waals surface area contributed by atoms with Crippen LogP contribution in [0.2, 0.25) is 0 Å². The number of nitrogens with zero attached hydrogens (tertiary/aromatic N) is 1. The Morgan fingerprint density at radius 3 is 2.42 bits per heavy atom. The molecule has 1 saturated heterocycles. The molecule has 0 bridgehead atoms. The van der Waals surface area contributed by atoms with E-state index in [0.717, 1.165) is 40.7 Å². The summed E-state index contributed by atoms with van der Waals surface area (Å²) in [6, 6.07) is 6.75. The van der Waals surface area contributed by atoms with Crippen LogP contribution in [0.15, 0.2) is 47.4 Å². The first kappa shape index (κ1) is 24.6. The topological polar surface area (TPSA) is 102 Å². The number of halogens is 4. The van der Waals surface area contributed by atoms with Crippen LogP contribution in [0.5, 0.6) is 0 Å². The van der Waals surface area contributed by atoms with E-state index in [2.05, 4.69) is 0 Å². The third-order valence-corrected chi connectivity index (χ3v) is 6.51. The van der Waals surface area contributed by atoms with Crippen LogP contribution in [0.1, 0.15) is 15.9 Å². The van der Waals surface area contributed by atoms with Crippen LogP contribution >= 0.6 is 0 Å². The molecule has 1 aliphatic heterocycles. The largest absolute Gasteiger partial charge is 0.452 e. The van der Waals surface area contributed by atoms with E-state index in [0.29, 0.717) is 0 Å². The SMILES string of the molecule is O=C(COC(=O)c1ccc(F)c(S(=O)(=O)N2CCOCC2)c1)Nc1ccccc1C(F)(F)F. The lowest BCUT2D eigenvalue weighted by molar-refractivity contribution is -0.137. The van der Waals surface area contributed by atoms with Gasteiger partial charge < -0.3 is 14.8 Å². The molecule has 13 heteroatoms. The van der Waals surface area contributed by atoms with Gasteiger partial charge >= 0.3 is 12.1 Å². The third-order valence-electron chi connectivity index (χ3n) is 4.60. The van der Waals surface area contributed by atoms with Crippen LogP contribution in [0.3, 0.4) is 0 Å². The van der Waals surface area contributed by atoms with Crippen LogP contribution in [0, 0.1) is 5.82 Å². The normalized spacial score (nSPS) is 15.2. The fourth-order valence-electron chi connectivity index (χ4n) is 2.99. The number of sulfonamides is 1. The van der Waals surface area contributed by atoms with Gasteiger partial charge in [-0.05, 0) is 30.3 Å². The highest BCUT2D eigenvalue weighted by Gasteiger charge is 2.34. The Morgan fingerprint density at radius 1 is 1.09 bits per heavy atom. The molecule has 0 radical (unpaired) electrons. The zero-order chi connectivity index (χ0) is 24.2. The number of esters is 1. The Balaban J connectivity index is 1.69. The molecule has 0 aliphatic carbocycles. The predicted octanol–water partition coefficient (Wildman–Crippen LogP) is 2.66. The highest BCUT2D eigenvalue weighted by atomic mass is 32.2. The summed E-state index contributed by atoms with van der Waals surface area (Å²) in [5, 5.41) is 2.00. The average molecular weight is 490 g/mol. The molecule has 1 heterocycles. The van der Waals surface area contributed by atoms with Crippen molar-refractivity contribution >= 4 is 27.6 Å².